The number of aromatic hydroxyl groups is 1. The first-order chi connectivity index (χ1) is 9.52. The first kappa shape index (κ1) is 14.5. The average Bonchev–Trinajstić information content (AvgIpc) is 2.47. The summed E-state index contributed by atoms with van der Waals surface area (Å²) < 4.78 is 10.4. The van der Waals surface area contributed by atoms with Crippen LogP contribution in [-0.2, 0) is 4.74 Å². The van der Waals surface area contributed by atoms with Gasteiger partial charge < -0.3 is 25.2 Å². The molecule has 2 rings (SSSR count). The van der Waals surface area contributed by atoms with Crippen LogP contribution in [-0.4, -0.2) is 53.8 Å². The minimum atomic E-state index is -0.449. The highest BCUT2D eigenvalue weighted by molar-refractivity contribution is 7.80. The minimum Gasteiger partial charge on any atom is -0.507 e. The lowest BCUT2D eigenvalue weighted by Gasteiger charge is -2.32. The second-order valence-electron chi connectivity index (χ2n) is 4.40. The third-order valence-corrected chi connectivity index (χ3v) is 3.37. The monoisotopic (exact) mass is 296 g/mol. The summed E-state index contributed by atoms with van der Waals surface area (Å²) in [6.07, 6.45) is -0.449. The molecule has 0 aromatic heterocycles. The van der Waals surface area contributed by atoms with Crippen molar-refractivity contribution in [2.45, 2.75) is 6.10 Å². The van der Waals surface area contributed by atoms with E-state index in [9.17, 15) is 9.90 Å². The van der Waals surface area contributed by atoms with E-state index in [1.165, 1.54) is 19.2 Å². The maximum Gasteiger partial charge on any atom is 0.257 e. The lowest BCUT2D eigenvalue weighted by atomic mass is 10.1. The number of nitrogens with zero attached hydrogens (tertiary/aromatic N) is 1. The number of carbonyl (C=O) groups excluding carboxylic acids is 1. The summed E-state index contributed by atoms with van der Waals surface area (Å²) in [5.41, 5.74) is 5.73. The van der Waals surface area contributed by atoms with E-state index in [1.807, 2.05) is 0 Å². The van der Waals surface area contributed by atoms with E-state index in [0.717, 1.165) is 0 Å². The molecular formula is C13H16N2O4S. The molecule has 1 aromatic rings. The van der Waals surface area contributed by atoms with Gasteiger partial charge >= 0.3 is 0 Å². The van der Waals surface area contributed by atoms with Crippen molar-refractivity contribution < 1.29 is 19.4 Å². The maximum atomic E-state index is 12.4. The number of amides is 1. The highest BCUT2D eigenvalue weighted by Crippen LogP contribution is 2.25. The van der Waals surface area contributed by atoms with Gasteiger partial charge in [-0.2, -0.15) is 0 Å². The fraction of sp³-hybridized carbons (Fsp3) is 0.385. The molecule has 1 heterocycles. The van der Waals surface area contributed by atoms with Crippen molar-refractivity contribution in [1.82, 2.24) is 4.90 Å². The Hall–Kier alpha value is -1.86. The van der Waals surface area contributed by atoms with E-state index in [-0.39, 0.29) is 28.8 Å². The van der Waals surface area contributed by atoms with Crippen molar-refractivity contribution in [2.24, 2.45) is 5.73 Å². The van der Waals surface area contributed by atoms with E-state index in [0.29, 0.717) is 18.9 Å². The predicted molar refractivity (Wildman–Crippen MR) is 77.1 cm³/mol. The van der Waals surface area contributed by atoms with Crippen LogP contribution in [0.15, 0.2) is 18.2 Å². The molecule has 1 saturated heterocycles. The van der Waals surface area contributed by atoms with Crippen LogP contribution in [0.5, 0.6) is 11.5 Å². The van der Waals surface area contributed by atoms with Crippen LogP contribution in [0.4, 0.5) is 0 Å². The van der Waals surface area contributed by atoms with Gasteiger partial charge in [-0.25, -0.2) is 0 Å². The SMILES string of the molecule is COc1ccc(O)c(C(=O)N2CCOC(C(N)=S)C2)c1. The second kappa shape index (κ2) is 6.06. The average molecular weight is 296 g/mol. The van der Waals surface area contributed by atoms with Gasteiger partial charge in [0.25, 0.3) is 5.91 Å². The molecule has 0 spiro atoms. The number of methoxy groups -OCH3 is 1. The molecule has 1 fully saturated rings. The first-order valence-electron chi connectivity index (χ1n) is 6.10. The number of rotatable bonds is 3. The molecular weight excluding hydrogens is 280 g/mol. The van der Waals surface area contributed by atoms with Gasteiger partial charge in [0.1, 0.15) is 22.6 Å². The van der Waals surface area contributed by atoms with Crippen molar-refractivity contribution in [3.05, 3.63) is 23.8 Å². The number of hydrogen-bond acceptors (Lipinski definition) is 5. The van der Waals surface area contributed by atoms with Gasteiger partial charge in [-0.3, -0.25) is 4.79 Å². The number of morpholine rings is 1. The minimum absolute atomic E-state index is 0.0887. The van der Waals surface area contributed by atoms with Gasteiger partial charge in [-0.1, -0.05) is 12.2 Å². The van der Waals surface area contributed by atoms with Crippen LogP contribution in [0.2, 0.25) is 0 Å². The zero-order valence-electron chi connectivity index (χ0n) is 11.0. The van der Waals surface area contributed by atoms with E-state index >= 15 is 0 Å². The molecule has 0 bridgehead atoms. The molecule has 0 aliphatic carbocycles. The van der Waals surface area contributed by atoms with Crippen molar-refractivity contribution in [3.8, 4) is 11.5 Å². The normalized spacial score (nSPS) is 18.6. The number of benzene rings is 1. The molecule has 1 aliphatic heterocycles. The number of phenols is 1. The van der Waals surface area contributed by atoms with Crippen LogP contribution in [0.25, 0.3) is 0 Å². The lowest BCUT2D eigenvalue weighted by Crippen LogP contribution is -2.49. The fourth-order valence-electron chi connectivity index (χ4n) is 1.99. The van der Waals surface area contributed by atoms with Crippen molar-refractivity contribution >= 4 is 23.1 Å². The quantitative estimate of drug-likeness (QED) is 0.791. The molecule has 0 saturated carbocycles. The number of carbonyl (C=O) groups is 1. The first-order valence-corrected chi connectivity index (χ1v) is 6.51. The number of hydrogen-bond donors (Lipinski definition) is 2. The number of ether oxygens (including phenoxy) is 2. The van der Waals surface area contributed by atoms with E-state index < -0.39 is 6.10 Å². The van der Waals surface area contributed by atoms with Crippen LogP contribution in [0, 0.1) is 0 Å². The predicted octanol–water partition coefficient (Wildman–Crippen LogP) is 0.528. The maximum absolute atomic E-state index is 12.4. The van der Waals surface area contributed by atoms with Crippen molar-refractivity contribution in [1.29, 1.82) is 0 Å². The summed E-state index contributed by atoms with van der Waals surface area (Å²) in [6.45, 7) is 1.07. The van der Waals surface area contributed by atoms with Crippen molar-refractivity contribution in [2.75, 3.05) is 26.8 Å². The summed E-state index contributed by atoms with van der Waals surface area (Å²) >= 11 is 4.88. The molecule has 20 heavy (non-hydrogen) atoms. The van der Waals surface area contributed by atoms with Crippen LogP contribution in [0.3, 0.4) is 0 Å². The van der Waals surface area contributed by atoms with Gasteiger partial charge in [0.15, 0.2) is 0 Å². The molecule has 1 unspecified atom stereocenters. The smallest absolute Gasteiger partial charge is 0.257 e. The Balaban J connectivity index is 2.20. The second-order valence-corrected chi connectivity index (χ2v) is 4.87. The molecule has 6 nitrogen and oxygen atoms in total. The number of thiocarbonyl (C=S) groups is 1. The van der Waals surface area contributed by atoms with Gasteiger partial charge in [0.05, 0.1) is 25.8 Å². The van der Waals surface area contributed by atoms with E-state index in [1.54, 1.807) is 11.0 Å². The van der Waals surface area contributed by atoms with Crippen molar-refractivity contribution in [3.63, 3.8) is 0 Å². The van der Waals surface area contributed by atoms with Crippen LogP contribution in [0.1, 0.15) is 10.4 Å². The Morgan fingerprint density at radius 1 is 1.60 bits per heavy atom. The number of nitrogens with two attached hydrogens (primary N) is 1. The standard InChI is InChI=1S/C13H16N2O4S/c1-18-8-2-3-10(16)9(6-8)13(17)15-4-5-19-11(7-15)12(14)20/h2-3,6,11,16H,4-5,7H2,1H3,(H2,14,20). The largest absolute Gasteiger partial charge is 0.507 e. The summed E-state index contributed by atoms with van der Waals surface area (Å²) in [7, 11) is 1.50. The molecule has 1 atom stereocenters. The zero-order chi connectivity index (χ0) is 14.7. The Labute approximate surface area is 122 Å². The van der Waals surface area contributed by atoms with E-state index in [2.05, 4.69) is 0 Å². The lowest BCUT2D eigenvalue weighted by molar-refractivity contribution is 0.00864. The van der Waals surface area contributed by atoms with Crippen LogP contribution < -0.4 is 10.5 Å². The Morgan fingerprint density at radius 2 is 2.35 bits per heavy atom. The molecule has 108 valence electrons. The molecule has 7 heteroatoms. The highest BCUT2D eigenvalue weighted by atomic mass is 32.1. The molecule has 1 aliphatic rings. The third kappa shape index (κ3) is 3.00. The fourth-order valence-corrected chi connectivity index (χ4v) is 2.13. The summed E-state index contributed by atoms with van der Waals surface area (Å²) in [5.74, 6) is 0.116. The highest BCUT2D eigenvalue weighted by Gasteiger charge is 2.28. The zero-order valence-corrected chi connectivity index (χ0v) is 11.9. The van der Waals surface area contributed by atoms with Gasteiger partial charge in [0, 0.05) is 6.54 Å². The molecule has 1 amide bonds. The third-order valence-electron chi connectivity index (χ3n) is 3.11. The summed E-state index contributed by atoms with van der Waals surface area (Å²) in [5, 5.41) is 9.82. The number of phenolic OH excluding ortho intramolecular Hbond substituents is 1. The van der Waals surface area contributed by atoms with Gasteiger partial charge in [-0.05, 0) is 18.2 Å². The molecule has 1 aromatic carbocycles. The summed E-state index contributed by atoms with van der Waals surface area (Å²) in [4.78, 5) is 14.2. The Morgan fingerprint density at radius 3 is 3.00 bits per heavy atom. The molecule has 3 N–H and O–H groups in total. The topological polar surface area (TPSA) is 85.0 Å². The van der Waals surface area contributed by atoms with Gasteiger partial charge in [-0.15, -0.1) is 0 Å². The van der Waals surface area contributed by atoms with Crippen LogP contribution >= 0.6 is 12.2 Å². The Kier molecular flexibility index (Phi) is 4.41. The molecule has 0 radical (unpaired) electrons. The Bertz CT molecular complexity index is 535. The van der Waals surface area contributed by atoms with Gasteiger partial charge in [0.2, 0.25) is 0 Å². The summed E-state index contributed by atoms with van der Waals surface area (Å²) in [6, 6.07) is 4.52. The van der Waals surface area contributed by atoms with E-state index in [4.69, 9.17) is 27.4 Å².